The Balaban J connectivity index is 1.48. The lowest BCUT2D eigenvalue weighted by atomic mass is 9.88. The maximum atomic E-state index is 15.0. The molecule has 1 amide bonds. The third-order valence-electron chi connectivity index (χ3n) is 5.68. The van der Waals surface area contributed by atoms with Gasteiger partial charge < -0.3 is 10.2 Å². The van der Waals surface area contributed by atoms with E-state index in [-0.39, 0.29) is 17.4 Å². The predicted octanol–water partition coefficient (Wildman–Crippen LogP) is 4.21. The van der Waals surface area contributed by atoms with Crippen LogP contribution in [-0.2, 0) is 4.79 Å². The number of pyridine rings is 1. The highest BCUT2D eigenvalue weighted by atomic mass is 19.1. The van der Waals surface area contributed by atoms with Crippen LogP contribution in [0.25, 0.3) is 22.2 Å². The molecule has 1 aliphatic heterocycles. The summed E-state index contributed by atoms with van der Waals surface area (Å²) in [5, 5.41) is 10.3. The first kappa shape index (κ1) is 19.5. The number of carbonyl (C=O) groups excluding carboxylic acids is 1. The first-order valence-corrected chi connectivity index (χ1v) is 10.1. The van der Waals surface area contributed by atoms with Crippen LogP contribution in [0.3, 0.4) is 0 Å². The number of fused-ring (bicyclic) bond motifs is 1. The lowest BCUT2D eigenvalue weighted by molar-refractivity contribution is -0.124. The molecule has 0 spiro atoms. The molecule has 0 bridgehead atoms. The van der Waals surface area contributed by atoms with Gasteiger partial charge in [-0.3, -0.25) is 14.9 Å². The van der Waals surface area contributed by atoms with E-state index < -0.39 is 11.2 Å². The molecule has 1 aromatic carbocycles. The number of halogens is 1. The molecular formula is C22H26FN5O. The van der Waals surface area contributed by atoms with E-state index in [4.69, 9.17) is 0 Å². The van der Waals surface area contributed by atoms with E-state index in [1.54, 1.807) is 6.20 Å². The number of para-hydroxylation sites is 1. The molecule has 3 heterocycles. The van der Waals surface area contributed by atoms with Gasteiger partial charge >= 0.3 is 0 Å². The molecule has 4 rings (SSSR count). The van der Waals surface area contributed by atoms with Crippen LogP contribution in [0.5, 0.6) is 0 Å². The van der Waals surface area contributed by atoms with E-state index in [1.165, 1.54) is 12.8 Å². The second kappa shape index (κ2) is 7.91. The average molecular weight is 395 g/mol. The third kappa shape index (κ3) is 4.15. The highest BCUT2D eigenvalue weighted by Gasteiger charge is 2.30. The Morgan fingerprint density at radius 2 is 2.03 bits per heavy atom. The molecule has 0 aliphatic carbocycles. The van der Waals surface area contributed by atoms with Crippen molar-refractivity contribution in [3.8, 4) is 11.3 Å². The number of benzene rings is 1. The Morgan fingerprint density at radius 1 is 1.28 bits per heavy atom. The van der Waals surface area contributed by atoms with Gasteiger partial charge in [-0.25, -0.2) is 4.39 Å². The summed E-state index contributed by atoms with van der Waals surface area (Å²) < 4.78 is 15.0. The molecule has 0 unspecified atom stereocenters. The normalized spacial score (nSPS) is 15.1. The molecule has 2 aromatic heterocycles. The number of nitrogens with one attached hydrogen (secondary N) is 2. The van der Waals surface area contributed by atoms with Crippen molar-refractivity contribution in [2.75, 3.05) is 25.0 Å². The van der Waals surface area contributed by atoms with E-state index in [0.717, 1.165) is 30.5 Å². The van der Waals surface area contributed by atoms with Crippen LogP contribution in [0.2, 0.25) is 0 Å². The third-order valence-corrected chi connectivity index (χ3v) is 5.68. The fourth-order valence-corrected chi connectivity index (χ4v) is 3.64. The van der Waals surface area contributed by atoms with Crippen molar-refractivity contribution in [3.63, 3.8) is 0 Å². The minimum absolute atomic E-state index is 0.0765. The largest absolute Gasteiger partial charge is 0.306 e. The van der Waals surface area contributed by atoms with Gasteiger partial charge in [0, 0.05) is 22.6 Å². The van der Waals surface area contributed by atoms with Crippen molar-refractivity contribution in [3.05, 3.63) is 42.3 Å². The minimum Gasteiger partial charge on any atom is -0.306 e. The molecule has 29 heavy (non-hydrogen) atoms. The standard InChI is InChI=1S/C22H26FN5O/c1-22(2,9-12-28-10-5-6-11-28)21(29)25-20-18(23)19(26-27-20)16-13-15-7-3-4-8-17(15)24-14-16/h3-4,7-8,13-14H,5-6,9-12H2,1-2H3,(H2,25,26,27,29). The second-order valence-electron chi connectivity index (χ2n) is 8.31. The van der Waals surface area contributed by atoms with Crippen LogP contribution < -0.4 is 5.32 Å². The molecule has 6 nitrogen and oxygen atoms in total. The van der Waals surface area contributed by atoms with Crippen molar-refractivity contribution < 1.29 is 9.18 Å². The molecule has 0 atom stereocenters. The van der Waals surface area contributed by atoms with E-state index in [1.807, 2.05) is 44.2 Å². The van der Waals surface area contributed by atoms with Gasteiger partial charge in [-0.2, -0.15) is 5.10 Å². The van der Waals surface area contributed by atoms with Crippen molar-refractivity contribution >= 4 is 22.6 Å². The van der Waals surface area contributed by atoms with E-state index >= 15 is 0 Å². The van der Waals surface area contributed by atoms with E-state index in [9.17, 15) is 9.18 Å². The Kier molecular flexibility index (Phi) is 5.32. The number of rotatable bonds is 6. The van der Waals surface area contributed by atoms with Gasteiger partial charge in [0.2, 0.25) is 5.91 Å². The topological polar surface area (TPSA) is 73.9 Å². The van der Waals surface area contributed by atoms with Crippen LogP contribution in [0.4, 0.5) is 10.2 Å². The zero-order chi connectivity index (χ0) is 20.4. The van der Waals surface area contributed by atoms with Crippen molar-refractivity contribution in [2.24, 2.45) is 5.41 Å². The van der Waals surface area contributed by atoms with Gasteiger partial charge in [0.1, 0.15) is 5.69 Å². The number of amides is 1. The number of hydrogen-bond acceptors (Lipinski definition) is 4. The van der Waals surface area contributed by atoms with Gasteiger partial charge in [-0.05, 0) is 51.0 Å². The quantitative estimate of drug-likeness (QED) is 0.656. The zero-order valence-electron chi connectivity index (χ0n) is 16.8. The van der Waals surface area contributed by atoms with Crippen LogP contribution >= 0.6 is 0 Å². The van der Waals surface area contributed by atoms with Crippen LogP contribution in [-0.4, -0.2) is 45.6 Å². The number of H-pyrrole nitrogens is 1. The molecule has 0 saturated carbocycles. The summed E-state index contributed by atoms with van der Waals surface area (Å²) in [5.41, 5.74) is 1.03. The molecule has 152 valence electrons. The fraction of sp³-hybridized carbons (Fsp3) is 0.409. The lowest BCUT2D eigenvalue weighted by Crippen LogP contribution is -2.35. The van der Waals surface area contributed by atoms with Gasteiger partial charge in [-0.15, -0.1) is 0 Å². The summed E-state index contributed by atoms with van der Waals surface area (Å²) in [5.74, 6) is -0.886. The molecular weight excluding hydrogens is 369 g/mol. The second-order valence-corrected chi connectivity index (χ2v) is 8.31. The van der Waals surface area contributed by atoms with Gasteiger partial charge in [-0.1, -0.05) is 32.0 Å². The molecule has 0 radical (unpaired) electrons. The Labute approximate surface area is 169 Å². The average Bonchev–Trinajstić information content (AvgIpc) is 3.36. The summed E-state index contributed by atoms with van der Waals surface area (Å²) in [6, 6.07) is 9.49. The Hall–Kier alpha value is -2.80. The minimum atomic E-state index is -0.612. The van der Waals surface area contributed by atoms with Gasteiger partial charge in [0.25, 0.3) is 0 Å². The highest BCUT2D eigenvalue weighted by Crippen LogP contribution is 2.29. The lowest BCUT2D eigenvalue weighted by Gasteiger charge is -2.25. The fourth-order valence-electron chi connectivity index (χ4n) is 3.64. The first-order chi connectivity index (χ1) is 13.9. The summed E-state index contributed by atoms with van der Waals surface area (Å²) in [6.07, 6.45) is 4.76. The number of aromatic nitrogens is 3. The summed E-state index contributed by atoms with van der Waals surface area (Å²) in [6.45, 7) is 6.83. The van der Waals surface area contributed by atoms with Crippen molar-refractivity contribution in [1.82, 2.24) is 20.1 Å². The van der Waals surface area contributed by atoms with Crippen LogP contribution in [0.1, 0.15) is 33.1 Å². The Bertz CT molecular complexity index is 1020. The summed E-state index contributed by atoms with van der Waals surface area (Å²) in [4.78, 5) is 19.5. The number of aromatic amines is 1. The monoisotopic (exact) mass is 395 g/mol. The number of hydrogen-bond donors (Lipinski definition) is 2. The molecule has 7 heteroatoms. The first-order valence-electron chi connectivity index (χ1n) is 10.1. The number of nitrogens with zero attached hydrogens (tertiary/aromatic N) is 3. The number of anilines is 1. The molecule has 1 fully saturated rings. The van der Waals surface area contributed by atoms with Crippen molar-refractivity contribution in [2.45, 2.75) is 33.1 Å². The van der Waals surface area contributed by atoms with Crippen molar-refractivity contribution in [1.29, 1.82) is 0 Å². The van der Waals surface area contributed by atoms with Gasteiger partial charge in [0.05, 0.1) is 5.52 Å². The van der Waals surface area contributed by atoms with Gasteiger partial charge in [0.15, 0.2) is 11.6 Å². The molecule has 1 aliphatic rings. The van der Waals surface area contributed by atoms with E-state index in [2.05, 4.69) is 25.4 Å². The number of carbonyl (C=O) groups is 1. The van der Waals surface area contributed by atoms with Crippen LogP contribution in [0.15, 0.2) is 36.5 Å². The Morgan fingerprint density at radius 3 is 2.83 bits per heavy atom. The zero-order valence-corrected chi connectivity index (χ0v) is 16.8. The molecule has 3 aromatic rings. The number of likely N-dealkylation sites (tertiary alicyclic amines) is 1. The predicted molar refractivity (Wildman–Crippen MR) is 112 cm³/mol. The molecule has 1 saturated heterocycles. The van der Waals surface area contributed by atoms with E-state index in [0.29, 0.717) is 12.0 Å². The summed E-state index contributed by atoms with van der Waals surface area (Å²) >= 11 is 0. The maximum absolute atomic E-state index is 15.0. The summed E-state index contributed by atoms with van der Waals surface area (Å²) in [7, 11) is 0. The molecule has 2 N–H and O–H groups in total. The maximum Gasteiger partial charge on any atom is 0.231 e. The SMILES string of the molecule is CC(C)(CCN1CCCC1)C(=O)Nc1n[nH]c(-c2cnc3ccccc3c2)c1F. The van der Waals surface area contributed by atoms with Crippen LogP contribution in [0, 0.1) is 11.2 Å². The smallest absolute Gasteiger partial charge is 0.231 e. The highest BCUT2D eigenvalue weighted by molar-refractivity contribution is 5.94.